The van der Waals surface area contributed by atoms with Crippen LogP contribution in [0.3, 0.4) is 0 Å². The number of hydrogen-bond donors (Lipinski definition) is 1. The van der Waals surface area contributed by atoms with Crippen molar-refractivity contribution in [3.05, 3.63) is 75.9 Å². The monoisotopic (exact) mass is 386 g/mol. The quantitative estimate of drug-likeness (QED) is 0.607. The van der Waals surface area contributed by atoms with E-state index in [0.717, 1.165) is 11.1 Å². The molecule has 6 heteroatoms. The summed E-state index contributed by atoms with van der Waals surface area (Å²) in [6.07, 6.45) is 3.12. The number of benzene rings is 2. The van der Waals surface area contributed by atoms with Crippen molar-refractivity contribution in [3.63, 3.8) is 0 Å². The highest BCUT2D eigenvalue weighted by molar-refractivity contribution is 6.40. The number of hydrogen-bond acceptors (Lipinski definition) is 2. The molecule has 1 amide bonds. The van der Waals surface area contributed by atoms with E-state index >= 15 is 0 Å². The van der Waals surface area contributed by atoms with Gasteiger partial charge in [-0.2, -0.15) is 0 Å². The molecule has 0 aliphatic heterocycles. The fourth-order valence-electron chi connectivity index (χ4n) is 2.85. The van der Waals surface area contributed by atoms with Crippen molar-refractivity contribution >= 4 is 51.6 Å². The maximum absolute atomic E-state index is 13.0. The minimum atomic E-state index is -0.293. The first-order valence-electron chi connectivity index (χ1n) is 7.97. The van der Waals surface area contributed by atoms with Crippen molar-refractivity contribution in [2.75, 3.05) is 5.32 Å². The minimum absolute atomic E-state index is 0.207. The molecule has 0 bridgehead atoms. The zero-order valence-corrected chi connectivity index (χ0v) is 15.7. The number of allylic oxidation sites excluding steroid dienone is 1. The van der Waals surface area contributed by atoms with Gasteiger partial charge in [-0.15, -0.1) is 0 Å². The SMILES string of the molecule is CC=CC(=O)Nc1ccc2c(c1)cc(C)n2C(=O)c1c(Cl)cccc1Cl. The average Bonchev–Trinajstić information content (AvgIpc) is 2.89. The predicted molar refractivity (Wildman–Crippen MR) is 106 cm³/mol. The first-order chi connectivity index (χ1) is 12.4. The molecular weight excluding hydrogens is 371 g/mol. The number of nitrogens with one attached hydrogen (secondary N) is 1. The van der Waals surface area contributed by atoms with Gasteiger partial charge in [-0.1, -0.05) is 35.3 Å². The van der Waals surface area contributed by atoms with E-state index < -0.39 is 0 Å². The van der Waals surface area contributed by atoms with Crippen LogP contribution in [0.2, 0.25) is 10.0 Å². The first-order valence-corrected chi connectivity index (χ1v) is 8.72. The smallest absolute Gasteiger partial charge is 0.265 e. The molecule has 1 aromatic heterocycles. The molecule has 1 N–H and O–H groups in total. The van der Waals surface area contributed by atoms with Crippen molar-refractivity contribution in [2.45, 2.75) is 13.8 Å². The number of anilines is 1. The van der Waals surface area contributed by atoms with Crippen molar-refractivity contribution in [3.8, 4) is 0 Å². The third kappa shape index (κ3) is 3.39. The van der Waals surface area contributed by atoms with Crippen LogP contribution in [0.4, 0.5) is 5.69 Å². The molecule has 0 aliphatic rings. The highest BCUT2D eigenvalue weighted by atomic mass is 35.5. The van der Waals surface area contributed by atoms with Crippen molar-refractivity contribution in [1.82, 2.24) is 4.57 Å². The topological polar surface area (TPSA) is 51.1 Å². The van der Waals surface area contributed by atoms with Gasteiger partial charge in [0.2, 0.25) is 5.91 Å². The molecule has 3 rings (SSSR count). The second-order valence-corrected chi connectivity index (χ2v) is 6.60. The predicted octanol–water partition coefficient (Wildman–Crippen LogP) is 5.46. The number of amides is 1. The van der Waals surface area contributed by atoms with Crippen molar-refractivity contribution in [2.24, 2.45) is 0 Å². The third-order valence-corrected chi connectivity index (χ3v) is 4.58. The van der Waals surface area contributed by atoms with E-state index in [1.54, 1.807) is 47.9 Å². The van der Waals surface area contributed by atoms with Crippen LogP contribution >= 0.6 is 23.2 Å². The number of aryl methyl sites for hydroxylation is 1. The van der Waals surface area contributed by atoms with Gasteiger partial charge in [-0.25, -0.2) is 0 Å². The van der Waals surface area contributed by atoms with E-state index in [9.17, 15) is 9.59 Å². The molecule has 132 valence electrons. The number of nitrogens with zero attached hydrogens (tertiary/aromatic N) is 1. The molecule has 0 saturated carbocycles. The second kappa shape index (κ2) is 7.36. The Balaban J connectivity index is 2.06. The zero-order chi connectivity index (χ0) is 18.8. The minimum Gasteiger partial charge on any atom is -0.322 e. The lowest BCUT2D eigenvalue weighted by Crippen LogP contribution is -2.14. The number of halogens is 2. The van der Waals surface area contributed by atoms with E-state index in [2.05, 4.69) is 5.32 Å². The fourth-order valence-corrected chi connectivity index (χ4v) is 3.41. The van der Waals surface area contributed by atoms with Gasteiger partial charge in [-0.3, -0.25) is 14.2 Å². The molecule has 0 radical (unpaired) electrons. The molecule has 4 nitrogen and oxygen atoms in total. The highest BCUT2D eigenvalue weighted by Crippen LogP contribution is 2.29. The van der Waals surface area contributed by atoms with Gasteiger partial charge in [0, 0.05) is 16.8 Å². The summed E-state index contributed by atoms with van der Waals surface area (Å²) in [7, 11) is 0. The Labute approximate surface area is 161 Å². The molecule has 3 aromatic rings. The summed E-state index contributed by atoms with van der Waals surface area (Å²) in [6.45, 7) is 3.61. The van der Waals surface area contributed by atoms with Gasteiger partial charge in [0.1, 0.15) is 0 Å². The molecule has 0 fully saturated rings. The molecule has 2 aromatic carbocycles. The van der Waals surface area contributed by atoms with Gasteiger partial charge in [0.15, 0.2) is 0 Å². The Bertz CT molecular complexity index is 1030. The van der Waals surface area contributed by atoms with Crippen LogP contribution in [0.5, 0.6) is 0 Å². The summed E-state index contributed by atoms with van der Waals surface area (Å²) in [4.78, 5) is 24.7. The molecule has 0 aliphatic carbocycles. The molecule has 0 unspecified atom stereocenters. The molecule has 0 atom stereocenters. The summed E-state index contributed by atoms with van der Waals surface area (Å²) in [5.74, 6) is -0.499. The Morgan fingerprint density at radius 3 is 2.42 bits per heavy atom. The Kier molecular flexibility index (Phi) is 5.16. The van der Waals surface area contributed by atoms with E-state index in [0.29, 0.717) is 21.2 Å². The van der Waals surface area contributed by atoms with Gasteiger partial charge >= 0.3 is 0 Å². The lowest BCUT2D eigenvalue weighted by Gasteiger charge is -2.10. The van der Waals surface area contributed by atoms with Crippen LogP contribution in [-0.4, -0.2) is 16.4 Å². The first kappa shape index (κ1) is 18.2. The standard InChI is InChI=1S/C20H16Cl2N2O2/c1-3-5-18(25)23-14-8-9-17-13(11-14)10-12(2)24(17)20(26)19-15(21)6-4-7-16(19)22/h3-11H,1-2H3,(H,23,25). The number of carbonyl (C=O) groups excluding carboxylic acids is 2. The van der Waals surface area contributed by atoms with Gasteiger partial charge < -0.3 is 5.32 Å². The van der Waals surface area contributed by atoms with E-state index in [-0.39, 0.29) is 17.4 Å². The number of fused-ring (bicyclic) bond motifs is 1. The van der Waals surface area contributed by atoms with Crippen LogP contribution < -0.4 is 5.32 Å². The Hall–Kier alpha value is -2.56. The second-order valence-electron chi connectivity index (χ2n) is 5.79. The maximum Gasteiger partial charge on any atom is 0.265 e. The van der Waals surface area contributed by atoms with Gasteiger partial charge in [0.05, 0.1) is 21.1 Å². The van der Waals surface area contributed by atoms with Crippen molar-refractivity contribution < 1.29 is 9.59 Å². The molecule has 1 heterocycles. The number of rotatable bonds is 3. The summed E-state index contributed by atoms with van der Waals surface area (Å²) >= 11 is 12.4. The van der Waals surface area contributed by atoms with E-state index in [1.807, 2.05) is 19.1 Å². The average molecular weight is 387 g/mol. The van der Waals surface area contributed by atoms with Crippen LogP contribution in [0.25, 0.3) is 10.9 Å². The summed E-state index contributed by atoms with van der Waals surface area (Å²) in [5, 5.41) is 4.22. The highest BCUT2D eigenvalue weighted by Gasteiger charge is 2.20. The van der Waals surface area contributed by atoms with Crippen LogP contribution in [0, 0.1) is 6.92 Å². The summed E-state index contributed by atoms with van der Waals surface area (Å²) in [6, 6.07) is 12.2. The van der Waals surface area contributed by atoms with Crippen LogP contribution in [0.1, 0.15) is 23.0 Å². The molecule has 26 heavy (non-hydrogen) atoms. The molecular formula is C20H16Cl2N2O2. The number of carbonyl (C=O) groups is 2. The zero-order valence-electron chi connectivity index (χ0n) is 14.2. The maximum atomic E-state index is 13.0. The van der Waals surface area contributed by atoms with Crippen molar-refractivity contribution in [1.29, 1.82) is 0 Å². The van der Waals surface area contributed by atoms with E-state index in [4.69, 9.17) is 23.2 Å². The van der Waals surface area contributed by atoms with E-state index in [1.165, 1.54) is 6.08 Å². The van der Waals surface area contributed by atoms with Crippen LogP contribution in [0.15, 0.2) is 54.6 Å². The lowest BCUT2D eigenvalue weighted by atomic mass is 10.2. The Morgan fingerprint density at radius 2 is 1.77 bits per heavy atom. The molecule has 0 spiro atoms. The normalized spacial score (nSPS) is 11.2. The summed E-state index contributed by atoms with van der Waals surface area (Å²) < 4.78 is 1.57. The fraction of sp³-hybridized carbons (Fsp3) is 0.100. The van der Waals surface area contributed by atoms with Gasteiger partial charge in [0.25, 0.3) is 5.91 Å². The molecule has 0 saturated heterocycles. The number of aromatic nitrogens is 1. The van der Waals surface area contributed by atoms with Gasteiger partial charge in [-0.05, 0) is 56.3 Å². The Morgan fingerprint density at radius 1 is 1.08 bits per heavy atom. The van der Waals surface area contributed by atoms with Crippen LogP contribution in [-0.2, 0) is 4.79 Å². The largest absolute Gasteiger partial charge is 0.322 e. The third-order valence-electron chi connectivity index (χ3n) is 3.95. The summed E-state index contributed by atoms with van der Waals surface area (Å²) in [5.41, 5.74) is 2.38. The lowest BCUT2D eigenvalue weighted by molar-refractivity contribution is -0.111.